The molecule has 0 fully saturated rings. The zero-order valence-corrected chi connectivity index (χ0v) is 13.6. The fourth-order valence-electron chi connectivity index (χ4n) is 2.11. The van der Waals surface area contributed by atoms with Crippen molar-refractivity contribution >= 4 is 10.0 Å². The highest BCUT2D eigenvalue weighted by Crippen LogP contribution is 2.25. The normalized spacial score (nSPS) is 11.3. The molecule has 3 aromatic rings. The van der Waals surface area contributed by atoms with Gasteiger partial charge >= 0.3 is 0 Å². The van der Waals surface area contributed by atoms with Crippen LogP contribution in [0.25, 0.3) is 0 Å². The molecule has 0 aliphatic heterocycles. The molecule has 0 atom stereocenters. The summed E-state index contributed by atoms with van der Waals surface area (Å²) in [6.07, 6.45) is 1.34. The zero-order valence-electron chi connectivity index (χ0n) is 12.8. The molecule has 1 N–H and O–H groups in total. The van der Waals surface area contributed by atoms with Gasteiger partial charge in [-0.15, -0.1) is 0 Å². The van der Waals surface area contributed by atoms with Crippen molar-refractivity contribution in [3.05, 3.63) is 78.2 Å². The van der Waals surface area contributed by atoms with Crippen LogP contribution in [-0.4, -0.2) is 13.6 Å². The van der Waals surface area contributed by atoms with E-state index in [0.717, 1.165) is 5.56 Å². The van der Waals surface area contributed by atoms with Crippen LogP contribution in [0.5, 0.6) is 11.5 Å². The molecule has 1 aromatic heterocycles. The van der Waals surface area contributed by atoms with Crippen molar-refractivity contribution in [3.63, 3.8) is 0 Å². The number of hydrogen-bond acceptors (Lipinski definition) is 5. The Hall–Kier alpha value is -2.64. The Morgan fingerprint density at radius 1 is 1.00 bits per heavy atom. The van der Waals surface area contributed by atoms with Crippen LogP contribution in [0, 0.1) is 0 Å². The standard InChI is InChI=1S/C17H16N2O4S/c20-24(21,13-15-10-11-22-19-15)18-12-14-6-4-5-9-17(14)23-16-7-2-1-3-8-16/h1-11,18H,12-13H2. The van der Waals surface area contributed by atoms with Crippen molar-refractivity contribution in [3.8, 4) is 11.5 Å². The third kappa shape index (κ3) is 4.43. The van der Waals surface area contributed by atoms with Gasteiger partial charge in [-0.05, 0) is 18.2 Å². The molecule has 0 radical (unpaired) electrons. The summed E-state index contributed by atoms with van der Waals surface area (Å²) in [5.74, 6) is 1.06. The monoisotopic (exact) mass is 344 g/mol. The van der Waals surface area contributed by atoms with Crippen LogP contribution in [-0.2, 0) is 22.3 Å². The molecule has 0 saturated heterocycles. The Morgan fingerprint density at radius 2 is 1.75 bits per heavy atom. The Bertz CT molecular complexity index is 878. The van der Waals surface area contributed by atoms with E-state index in [9.17, 15) is 8.42 Å². The molecule has 3 rings (SSSR count). The summed E-state index contributed by atoms with van der Waals surface area (Å²) in [5.41, 5.74) is 1.10. The maximum absolute atomic E-state index is 12.1. The van der Waals surface area contributed by atoms with Gasteiger partial charge in [0.2, 0.25) is 10.0 Å². The second-order valence-corrected chi connectivity index (χ2v) is 6.90. The van der Waals surface area contributed by atoms with Gasteiger partial charge in [0.25, 0.3) is 0 Å². The van der Waals surface area contributed by atoms with Crippen LogP contribution in [0.3, 0.4) is 0 Å². The molecule has 0 spiro atoms. The largest absolute Gasteiger partial charge is 0.457 e. The van der Waals surface area contributed by atoms with Gasteiger partial charge in [-0.3, -0.25) is 0 Å². The highest BCUT2D eigenvalue weighted by Gasteiger charge is 2.14. The van der Waals surface area contributed by atoms with Crippen molar-refractivity contribution in [2.45, 2.75) is 12.3 Å². The van der Waals surface area contributed by atoms with Crippen molar-refractivity contribution in [2.24, 2.45) is 0 Å². The first-order valence-corrected chi connectivity index (χ1v) is 8.95. The fraction of sp³-hybridized carbons (Fsp3) is 0.118. The van der Waals surface area contributed by atoms with Gasteiger partial charge in [-0.2, -0.15) is 0 Å². The Balaban J connectivity index is 1.69. The van der Waals surface area contributed by atoms with Crippen molar-refractivity contribution in [1.29, 1.82) is 0 Å². The predicted molar refractivity (Wildman–Crippen MR) is 88.9 cm³/mol. The molecular formula is C17H16N2O4S. The molecular weight excluding hydrogens is 328 g/mol. The summed E-state index contributed by atoms with van der Waals surface area (Å²) < 4.78 is 37.2. The van der Waals surface area contributed by atoms with E-state index < -0.39 is 10.0 Å². The number of ether oxygens (including phenoxy) is 1. The number of nitrogens with zero attached hydrogens (tertiary/aromatic N) is 1. The lowest BCUT2D eigenvalue weighted by Crippen LogP contribution is -2.25. The number of nitrogens with one attached hydrogen (secondary N) is 1. The van der Waals surface area contributed by atoms with Gasteiger partial charge in [0.1, 0.15) is 23.5 Å². The number of hydrogen-bond donors (Lipinski definition) is 1. The molecule has 0 aliphatic carbocycles. The van der Waals surface area contributed by atoms with Gasteiger partial charge in [0.05, 0.1) is 5.69 Å². The van der Waals surface area contributed by atoms with E-state index in [1.807, 2.05) is 48.5 Å². The average Bonchev–Trinajstić information content (AvgIpc) is 3.07. The second-order valence-electron chi connectivity index (χ2n) is 5.09. The Labute approximate surface area is 140 Å². The van der Waals surface area contributed by atoms with Crippen molar-refractivity contribution in [1.82, 2.24) is 9.88 Å². The summed E-state index contributed by atoms with van der Waals surface area (Å²) in [4.78, 5) is 0. The van der Waals surface area contributed by atoms with E-state index in [4.69, 9.17) is 4.74 Å². The van der Waals surface area contributed by atoms with Crippen LogP contribution < -0.4 is 9.46 Å². The third-order valence-electron chi connectivity index (χ3n) is 3.26. The highest BCUT2D eigenvalue weighted by atomic mass is 32.2. The van der Waals surface area contributed by atoms with Crippen molar-refractivity contribution in [2.75, 3.05) is 0 Å². The molecule has 0 saturated carbocycles. The summed E-state index contributed by atoms with van der Waals surface area (Å²) in [5, 5.41) is 3.61. The molecule has 24 heavy (non-hydrogen) atoms. The first-order valence-electron chi connectivity index (χ1n) is 7.30. The second kappa shape index (κ2) is 7.29. The molecule has 124 valence electrons. The highest BCUT2D eigenvalue weighted by molar-refractivity contribution is 7.88. The minimum atomic E-state index is -3.52. The van der Waals surface area contributed by atoms with Crippen LogP contribution in [0.15, 0.2) is 71.4 Å². The average molecular weight is 344 g/mol. The summed E-state index contributed by atoms with van der Waals surface area (Å²) in [7, 11) is -3.52. The molecule has 6 nitrogen and oxygen atoms in total. The van der Waals surface area contributed by atoms with Crippen molar-refractivity contribution < 1.29 is 17.7 Å². The maximum Gasteiger partial charge on any atom is 0.217 e. The van der Waals surface area contributed by atoms with E-state index in [2.05, 4.69) is 14.4 Å². The number of aromatic nitrogens is 1. The van der Waals surface area contributed by atoms with Crippen LogP contribution >= 0.6 is 0 Å². The molecule has 0 unspecified atom stereocenters. The van der Waals surface area contributed by atoms with Crippen LogP contribution in [0.4, 0.5) is 0 Å². The van der Waals surface area contributed by atoms with E-state index in [0.29, 0.717) is 17.2 Å². The summed E-state index contributed by atoms with van der Waals surface area (Å²) >= 11 is 0. The SMILES string of the molecule is O=S(=O)(Cc1ccon1)NCc1ccccc1Oc1ccccc1. The lowest BCUT2D eigenvalue weighted by Gasteiger charge is -2.12. The Kier molecular flexibility index (Phi) is 4.93. The van der Waals surface area contributed by atoms with E-state index in [1.165, 1.54) is 12.3 Å². The number of para-hydroxylation sites is 2. The van der Waals surface area contributed by atoms with E-state index in [1.54, 1.807) is 6.07 Å². The van der Waals surface area contributed by atoms with Gasteiger partial charge in [-0.1, -0.05) is 41.6 Å². The minimum absolute atomic E-state index is 0.128. The van der Waals surface area contributed by atoms with E-state index >= 15 is 0 Å². The zero-order chi connectivity index (χ0) is 16.8. The molecule has 0 bridgehead atoms. The van der Waals surface area contributed by atoms with E-state index in [-0.39, 0.29) is 12.3 Å². The maximum atomic E-state index is 12.1. The van der Waals surface area contributed by atoms with Crippen LogP contribution in [0.1, 0.15) is 11.3 Å². The lowest BCUT2D eigenvalue weighted by molar-refractivity contribution is 0.413. The molecule has 2 aromatic carbocycles. The number of benzene rings is 2. The van der Waals surface area contributed by atoms with Gasteiger partial charge in [0.15, 0.2) is 0 Å². The first-order chi connectivity index (χ1) is 11.6. The van der Waals surface area contributed by atoms with Gasteiger partial charge in [0, 0.05) is 18.2 Å². The molecule has 0 aliphatic rings. The lowest BCUT2D eigenvalue weighted by atomic mass is 10.2. The predicted octanol–water partition coefficient (Wildman–Crippen LogP) is 3.09. The topological polar surface area (TPSA) is 81.4 Å². The van der Waals surface area contributed by atoms with Crippen LogP contribution in [0.2, 0.25) is 0 Å². The Morgan fingerprint density at radius 3 is 2.50 bits per heavy atom. The van der Waals surface area contributed by atoms with Gasteiger partial charge < -0.3 is 9.26 Å². The number of sulfonamides is 1. The first kappa shape index (κ1) is 16.2. The molecule has 0 amide bonds. The summed E-state index contributed by atoms with van der Waals surface area (Å²) in [6.45, 7) is 0.128. The molecule has 1 heterocycles. The number of rotatable bonds is 7. The fourth-order valence-corrected chi connectivity index (χ4v) is 3.13. The smallest absolute Gasteiger partial charge is 0.217 e. The molecule has 7 heteroatoms. The quantitative estimate of drug-likeness (QED) is 0.712. The van der Waals surface area contributed by atoms with Gasteiger partial charge in [-0.25, -0.2) is 13.1 Å². The third-order valence-corrected chi connectivity index (χ3v) is 4.52. The summed E-state index contributed by atoms with van der Waals surface area (Å²) in [6, 6.07) is 18.1. The minimum Gasteiger partial charge on any atom is -0.457 e.